The van der Waals surface area contributed by atoms with Crippen LogP contribution in [0, 0.1) is 0 Å². The first kappa shape index (κ1) is 18.7. The van der Waals surface area contributed by atoms with E-state index < -0.39 is 0 Å². The molecule has 29 heavy (non-hydrogen) atoms. The summed E-state index contributed by atoms with van der Waals surface area (Å²) in [6.45, 7) is 2.81. The Labute approximate surface area is 172 Å². The molecule has 0 aliphatic carbocycles. The molecule has 1 unspecified atom stereocenters. The van der Waals surface area contributed by atoms with E-state index in [0.717, 1.165) is 67.4 Å². The number of anilines is 1. The average molecular weight is 414 g/mol. The van der Waals surface area contributed by atoms with Crippen LogP contribution in [0.4, 0.5) is 5.13 Å². The van der Waals surface area contributed by atoms with Gasteiger partial charge in [0.2, 0.25) is 11.0 Å². The molecule has 9 heteroatoms. The lowest BCUT2D eigenvalue weighted by Crippen LogP contribution is -2.38. The van der Waals surface area contributed by atoms with E-state index in [-0.39, 0.29) is 12.0 Å². The molecule has 1 aromatic carbocycles. The zero-order valence-electron chi connectivity index (χ0n) is 16.0. The first-order chi connectivity index (χ1) is 14.2. The molecule has 2 fully saturated rings. The number of rotatable bonds is 5. The average Bonchev–Trinajstić information content (AvgIpc) is 3.48. The first-order valence-corrected chi connectivity index (χ1v) is 10.9. The molecule has 152 valence electrons. The number of carbonyl (C=O) groups is 1. The summed E-state index contributed by atoms with van der Waals surface area (Å²) in [6.07, 6.45) is 3.91. The molecule has 0 spiro atoms. The first-order valence-electron chi connectivity index (χ1n) is 10.1. The van der Waals surface area contributed by atoms with Crippen LogP contribution in [0.3, 0.4) is 0 Å². The van der Waals surface area contributed by atoms with Gasteiger partial charge in [-0.1, -0.05) is 23.5 Å². The minimum absolute atomic E-state index is 0.0315. The number of oxazole rings is 1. The van der Waals surface area contributed by atoms with E-state index in [1.165, 1.54) is 11.3 Å². The van der Waals surface area contributed by atoms with E-state index in [2.05, 4.69) is 25.4 Å². The van der Waals surface area contributed by atoms with Gasteiger partial charge in [-0.3, -0.25) is 15.0 Å². The van der Waals surface area contributed by atoms with Crippen molar-refractivity contribution in [2.45, 2.75) is 37.7 Å². The fourth-order valence-electron chi connectivity index (χ4n) is 3.95. The van der Waals surface area contributed by atoms with Crippen molar-refractivity contribution in [1.82, 2.24) is 20.1 Å². The van der Waals surface area contributed by atoms with Crippen LogP contribution in [0.25, 0.3) is 11.1 Å². The van der Waals surface area contributed by atoms with Crippen molar-refractivity contribution in [3.05, 3.63) is 35.2 Å². The van der Waals surface area contributed by atoms with Crippen molar-refractivity contribution in [3.8, 4) is 0 Å². The largest absolute Gasteiger partial charge is 0.440 e. The second kappa shape index (κ2) is 8.17. The topological polar surface area (TPSA) is 93.4 Å². The van der Waals surface area contributed by atoms with Crippen molar-refractivity contribution in [1.29, 1.82) is 0 Å². The number of fused-ring (bicyclic) bond motifs is 1. The number of benzene rings is 1. The number of para-hydroxylation sites is 2. The fourth-order valence-corrected chi connectivity index (χ4v) is 4.80. The quantitative estimate of drug-likeness (QED) is 0.685. The second-order valence-electron chi connectivity index (χ2n) is 7.57. The predicted molar refractivity (Wildman–Crippen MR) is 109 cm³/mol. The number of aromatic nitrogens is 3. The number of nitrogens with one attached hydrogen (secondary N) is 1. The number of hydrogen-bond donors (Lipinski definition) is 1. The fraction of sp³-hybridized carbons (Fsp3) is 0.500. The molecule has 1 amide bonds. The molecule has 2 aliphatic heterocycles. The minimum atomic E-state index is -0.0552. The third-order valence-corrected chi connectivity index (χ3v) is 6.44. The van der Waals surface area contributed by atoms with Crippen molar-refractivity contribution in [3.63, 3.8) is 0 Å². The summed E-state index contributed by atoms with van der Waals surface area (Å²) in [5.41, 5.74) is 1.74. The summed E-state index contributed by atoms with van der Waals surface area (Å²) in [5.74, 6) is 1.06. The van der Waals surface area contributed by atoms with Crippen LogP contribution in [-0.2, 0) is 9.53 Å². The Kier molecular flexibility index (Phi) is 5.26. The molecule has 0 radical (unpaired) electrons. The lowest BCUT2D eigenvalue weighted by Gasteiger charge is -2.29. The van der Waals surface area contributed by atoms with Gasteiger partial charge in [-0.25, -0.2) is 4.98 Å². The number of carbonyl (C=O) groups excluding carboxylic acids is 1. The van der Waals surface area contributed by atoms with Gasteiger partial charge in [0, 0.05) is 12.5 Å². The monoisotopic (exact) mass is 413 g/mol. The number of likely N-dealkylation sites (tertiary alicyclic amines) is 1. The Morgan fingerprint density at radius 1 is 1.21 bits per heavy atom. The highest BCUT2D eigenvalue weighted by molar-refractivity contribution is 7.15. The zero-order valence-corrected chi connectivity index (χ0v) is 16.9. The normalized spacial score (nSPS) is 21.0. The summed E-state index contributed by atoms with van der Waals surface area (Å²) < 4.78 is 11.5. The van der Waals surface area contributed by atoms with E-state index in [0.29, 0.717) is 17.6 Å². The van der Waals surface area contributed by atoms with Crippen LogP contribution >= 0.6 is 11.3 Å². The SMILES string of the molecule is O=C(CN1CCC(c2nc3ccccc3o2)CC1)Nc1nnc(C2CCCO2)s1. The molecule has 0 bridgehead atoms. The molecular weight excluding hydrogens is 390 g/mol. The molecule has 2 aliphatic rings. The summed E-state index contributed by atoms with van der Waals surface area (Å²) in [5, 5.41) is 12.5. The minimum Gasteiger partial charge on any atom is -0.440 e. The molecule has 4 heterocycles. The summed E-state index contributed by atoms with van der Waals surface area (Å²) in [7, 11) is 0. The maximum atomic E-state index is 12.4. The number of amides is 1. The highest BCUT2D eigenvalue weighted by Crippen LogP contribution is 2.32. The summed E-state index contributed by atoms with van der Waals surface area (Å²) >= 11 is 1.40. The van der Waals surface area contributed by atoms with Crippen LogP contribution in [0.5, 0.6) is 0 Å². The maximum absolute atomic E-state index is 12.4. The molecule has 2 saturated heterocycles. The lowest BCUT2D eigenvalue weighted by atomic mass is 9.97. The Bertz CT molecular complexity index is 956. The van der Waals surface area contributed by atoms with Crippen molar-refractivity contribution in [2.75, 3.05) is 31.6 Å². The van der Waals surface area contributed by atoms with E-state index in [1.54, 1.807) is 0 Å². The van der Waals surface area contributed by atoms with E-state index in [1.807, 2.05) is 24.3 Å². The number of piperidine rings is 1. The van der Waals surface area contributed by atoms with Crippen LogP contribution < -0.4 is 5.32 Å². The molecule has 0 saturated carbocycles. The third-order valence-electron chi connectivity index (χ3n) is 5.51. The molecule has 1 N–H and O–H groups in total. The number of ether oxygens (including phenoxy) is 1. The maximum Gasteiger partial charge on any atom is 0.240 e. The molecule has 3 aromatic rings. The van der Waals surface area contributed by atoms with Gasteiger partial charge >= 0.3 is 0 Å². The Morgan fingerprint density at radius 2 is 2.07 bits per heavy atom. The van der Waals surface area contributed by atoms with Gasteiger partial charge in [0.05, 0.1) is 6.54 Å². The second-order valence-corrected chi connectivity index (χ2v) is 8.57. The van der Waals surface area contributed by atoms with Gasteiger partial charge < -0.3 is 9.15 Å². The van der Waals surface area contributed by atoms with Crippen LogP contribution in [-0.4, -0.2) is 52.2 Å². The molecule has 5 rings (SSSR count). The highest BCUT2D eigenvalue weighted by Gasteiger charge is 2.26. The van der Waals surface area contributed by atoms with Gasteiger partial charge in [0.1, 0.15) is 16.6 Å². The van der Waals surface area contributed by atoms with Gasteiger partial charge in [0.15, 0.2) is 11.5 Å². The van der Waals surface area contributed by atoms with Gasteiger partial charge in [-0.15, -0.1) is 10.2 Å². The third kappa shape index (κ3) is 4.17. The van der Waals surface area contributed by atoms with E-state index in [4.69, 9.17) is 9.15 Å². The summed E-state index contributed by atoms with van der Waals surface area (Å²) in [4.78, 5) is 19.2. The van der Waals surface area contributed by atoms with Gasteiger partial charge in [0.25, 0.3) is 0 Å². The van der Waals surface area contributed by atoms with Crippen molar-refractivity contribution in [2.24, 2.45) is 0 Å². The molecular formula is C20H23N5O3S. The standard InChI is InChI=1S/C20H23N5O3S/c26-17(22-20-24-23-19(29-20)16-6-3-11-27-16)12-25-9-7-13(8-10-25)18-21-14-4-1-2-5-15(14)28-18/h1-2,4-5,13,16H,3,6-12H2,(H,22,24,26). The van der Waals surface area contributed by atoms with Crippen LogP contribution in [0.15, 0.2) is 28.7 Å². The van der Waals surface area contributed by atoms with Crippen molar-refractivity contribution < 1.29 is 13.9 Å². The molecule has 1 atom stereocenters. The van der Waals surface area contributed by atoms with Gasteiger partial charge in [-0.2, -0.15) is 0 Å². The number of nitrogens with zero attached hydrogens (tertiary/aromatic N) is 4. The predicted octanol–water partition coefficient (Wildman–Crippen LogP) is 3.35. The smallest absolute Gasteiger partial charge is 0.240 e. The number of hydrogen-bond acceptors (Lipinski definition) is 8. The van der Waals surface area contributed by atoms with E-state index in [9.17, 15) is 4.79 Å². The highest BCUT2D eigenvalue weighted by atomic mass is 32.1. The lowest BCUT2D eigenvalue weighted by molar-refractivity contribution is -0.117. The Morgan fingerprint density at radius 3 is 2.86 bits per heavy atom. The summed E-state index contributed by atoms with van der Waals surface area (Å²) in [6, 6.07) is 7.85. The van der Waals surface area contributed by atoms with Crippen molar-refractivity contribution >= 4 is 33.5 Å². The van der Waals surface area contributed by atoms with Crippen LogP contribution in [0.1, 0.15) is 48.6 Å². The zero-order chi connectivity index (χ0) is 19.6. The van der Waals surface area contributed by atoms with Gasteiger partial charge in [-0.05, 0) is 50.9 Å². The Balaban J connectivity index is 1.12. The van der Waals surface area contributed by atoms with Crippen LogP contribution in [0.2, 0.25) is 0 Å². The molecule has 2 aromatic heterocycles. The molecule has 8 nitrogen and oxygen atoms in total. The Hall–Kier alpha value is -2.36. The van der Waals surface area contributed by atoms with E-state index >= 15 is 0 Å².